The van der Waals surface area contributed by atoms with Crippen LogP contribution in [0.4, 0.5) is 0 Å². The third-order valence-electron chi connectivity index (χ3n) is 5.00. The van der Waals surface area contributed by atoms with Crippen molar-refractivity contribution in [3.8, 4) is 0 Å². The van der Waals surface area contributed by atoms with Gasteiger partial charge in [-0.25, -0.2) is 14.6 Å². The lowest BCUT2D eigenvalue weighted by Gasteiger charge is -2.32. The van der Waals surface area contributed by atoms with E-state index >= 15 is 0 Å². The van der Waals surface area contributed by atoms with Gasteiger partial charge in [0.1, 0.15) is 0 Å². The number of hydrogen-bond donors (Lipinski definition) is 1. The van der Waals surface area contributed by atoms with Gasteiger partial charge in [-0.05, 0) is 23.3 Å². The summed E-state index contributed by atoms with van der Waals surface area (Å²) in [5, 5.41) is 9.61. The van der Waals surface area contributed by atoms with E-state index in [2.05, 4.69) is 9.88 Å². The van der Waals surface area contributed by atoms with Gasteiger partial charge in [-0.1, -0.05) is 30.3 Å². The Morgan fingerprint density at radius 2 is 2.03 bits per heavy atom. The fourth-order valence-corrected chi connectivity index (χ4v) is 3.57. The maximum Gasteiger partial charge on any atom is 0.441 e. The van der Waals surface area contributed by atoms with Crippen LogP contribution in [0.5, 0.6) is 0 Å². The predicted octanol–water partition coefficient (Wildman–Crippen LogP) is 1.49. The van der Waals surface area contributed by atoms with Crippen molar-refractivity contribution in [3.05, 3.63) is 66.0 Å². The van der Waals surface area contributed by atoms with E-state index in [9.17, 15) is 9.59 Å². The maximum absolute atomic E-state index is 11.5. The number of benzene rings is 1. The highest BCUT2D eigenvalue weighted by molar-refractivity contribution is 6.28. The first-order chi connectivity index (χ1) is 15.1. The third-order valence-corrected chi connectivity index (χ3v) is 5.00. The van der Waals surface area contributed by atoms with E-state index in [4.69, 9.17) is 19.4 Å². The largest absolute Gasteiger partial charge is 0.473 e. The summed E-state index contributed by atoms with van der Waals surface area (Å²) in [4.78, 5) is 33.7. The zero-order chi connectivity index (χ0) is 21.6. The highest BCUT2D eigenvalue weighted by Crippen LogP contribution is 2.21. The number of carbonyl (C=O) groups excluding carboxylic acids is 1. The van der Waals surface area contributed by atoms with E-state index in [-0.39, 0.29) is 6.10 Å². The molecule has 1 aromatic carbocycles. The van der Waals surface area contributed by atoms with Crippen LogP contribution >= 0.6 is 0 Å². The molecule has 1 aliphatic heterocycles. The first-order valence-electron chi connectivity index (χ1n) is 9.96. The minimum Gasteiger partial charge on any atom is -0.473 e. The van der Waals surface area contributed by atoms with Crippen LogP contribution < -0.4 is 4.84 Å². The molecule has 9 nitrogen and oxygen atoms in total. The minimum atomic E-state index is -1.66. The molecule has 1 aliphatic rings. The highest BCUT2D eigenvalue weighted by atomic mass is 16.7. The zero-order valence-electron chi connectivity index (χ0n) is 16.8. The van der Waals surface area contributed by atoms with Crippen LogP contribution in [0.2, 0.25) is 0 Å². The minimum absolute atomic E-state index is 0.0474. The Morgan fingerprint density at radius 3 is 2.84 bits per heavy atom. The molecule has 1 saturated heterocycles. The normalized spacial score (nSPS) is 17.0. The van der Waals surface area contributed by atoms with Crippen LogP contribution in [-0.4, -0.2) is 64.1 Å². The van der Waals surface area contributed by atoms with Crippen LogP contribution in [0.25, 0.3) is 11.0 Å². The van der Waals surface area contributed by atoms with E-state index in [0.29, 0.717) is 38.6 Å². The fraction of sp³-hybridized carbons (Fsp3) is 0.318. The molecule has 3 heterocycles. The van der Waals surface area contributed by atoms with E-state index in [1.165, 1.54) is 0 Å². The average molecular weight is 425 g/mol. The van der Waals surface area contributed by atoms with Gasteiger partial charge in [-0.15, -0.1) is 0 Å². The maximum atomic E-state index is 11.5. The summed E-state index contributed by atoms with van der Waals surface area (Å²) >= 11 is 0. The van der Waals surface area contributed by atoms with Crippen molar-refractivity contribution in [3.63, 3.8) is 0 Å². The lowest BCUT2D eigenvalue weighted by atomic mass is 10.2. The first kappa shape index (κ1) is 21.0. The number of fused-ring (bicyclic) bond motifs is 1. The summed E-state index contributed by atoms with van der Waals surface area (Å²) in [6, 6.07) is 13.6. The number of nitrogens with zero attached hydrogens (tertiary/aromatic N) is 3. The summed E-state index contributed by atoms with van der Waals surface area (Å²) in [6.07, 6.45) is 3.12. The van der Waals surface area contributed by atoms with Gasteiger partial charge in [-0.2, -0.15) is 4.73 Å². The Bertz CT molecular complexity index is 1050. The van der Waals surface area contributed by atoms with Gasteiger partial charge in [0.15, 0.2) is 5.65 Å². The zero-order valence-corrected chi connectivity index (χ0v) is 16.8. The number of hydrogen-bond acceptors (Lipinski definition) is 7. The van der Waals surface area contributed by atoms with Crippen LogP contribution in [0, 0.1) is 0 Å². The van der Waals surface area contributed by atoms with Crippen LogP contribution in [-0.2, 0) is 32.2 Å². The van der Waals surface area contributed by atoms with Crippen LogP contribution in [0.3, 0.4) is 0 Å². The molecule has 0 bridgehead atoms. The van der Waals surface area contributed by atoms with Crippen molar-refractivity contribution < 1.29 is 29.0 Å². The predicted molar refractivity (Wildman–Crippen MR) is 110 cm³/mol. The Morgan fingerprint density at radius 1 is 1.19 bits per heavy atom. The van der Waals surface area contributed by atoms with E-state index in [0.717, 1.165) is 27.8 Å². The second-order valence-corrected chi connectivity index (χ2v) is 7.27. The summed E-state index contributed by atoms with van der Waals surface area (Å²) in [5.41, 5.74) is 2.39. The number of carboxylic acids is 1. The summed E-state index contributed by atoms with van der Waals surface area (Å²) in [7, 11) is 0. The Kier molecular flexibility index (Phi) is 6.56. The van der Waals surface area contributed by atoms with Gasteiger partial charge in [0.05, 0.1) is 32.1 Å². The molecule has 0 spiro atoms. The molecular weight excluding hydrogens is 402 g/mol. The molecule has 1 N–H and O–H groups in total. The number of pyridine rings is 1. The molecule has 0 amide bonds. The summed E-state index contributed by atoms with van der Waals surface area (Å²) in [6.45, 7) is 3.63. The van der Waals surface area contributed by atoms with E-state index in [1.807, 2.05) is 36.4 Å². The van der Waals surface area contributed by atoms with Gasteiger partial charge >= 0.3 is 11.9 Å². The molecular formula is C22H23N3O6. The number of aliphatic carboxylic acids is 1. The molecule has 31 heavy (non-hydrogen) atoms. The summed E-state index contributed by atoms with van der Waals surface area (Å²) in [5.74, 6) is -3.03. The number of rotatable bonds is 7. The average Bonchev–Trinajstić information content (AvgIpc) is 3.12. The van der Waals surface area contributed by atoms with Crippen molar-refractivity contribution in [1.29, 1.82) is 0 Å². The van der Waals surface area contributed by atoms with Gasteiger partial charge in [-0.3, -0.25) is 4.90 Å². The van der Waals surface area contributed by atoms with Gasteiger partial charge in [0.2, 0.25) is 0 Å². The standard InChI is InChI=1S/C22H23N3O6/c26-21(27)22(28)31-25-12-17(19-7-4-8-23-20(19)25)11-24-9-10-30-18(13-24)15-29-14-16-5-2-1-3-6-16/h1-8,12,18H,9-11,13-15H2,(H,26,27)/t18-/m0/s1. The monoisotopic (exact) mass is 425 g/mol. The topological polar surface area (TPSA) is 103 Å². The van der Waals surface area contributed by atoms with Gasteiger partial charge in [0.25, 0.3) is 0 Å². The molecule has 1 fully saturated rings. The quantitative estimate of drug-likeness (QED) is 0.568. The highest BCUT2D eigenvalue weighted by Gasteiger charge is 2.23. The molecule has 0 saturated carbocycles. The second-order valence-electron chi connectivity index (χ2n) is 7.27. The van der Waals surface area contributed by atoms with Crippen LogP contribution in [0.15, 0.2) is 54.9 Å². The van der Waals surface area contributed by atoms with Crippen molar-refractivity contribution in [2.45, 2.75) is 19.3 Å². The van der Waals surface area contributed by atoms with E-state index < -0.39 is 11.9 Å². The molecule has 0 aliphatic carbocycles. The molecule has 0 unspecified atom stereocenters. The number of aromatic nitrogens is 2. The van der Waals surface area contributed by atoms with Gasteiger partial charge in [0, 0.05) is 31.2 Å². The Labute approximate surface area is 178 Å². The number of carbonyl (C=O) groups is 2. The van der Waals surface area contributed by atoms with Crippen molar-refractivity contribution in [2.75, 3.05) is 26.3 Å². The SMILES string of the molecule is O=C(O)C(=O)On1cc(CN2CCO[C@H](COCc3ccccc3)C2)c2cccnc21. The lowest BCUT2D eigenvalue weighted by molar-refractivity contribution is -0.163. The van der Waals surface area contributed by atoms with Crippen molar-refractivity contribution in [2.24, 2.45) is 0 Å². The van der Waals surface area contributed by atoms with Crippen molar-refractivity contribution >= 4 is 23.0 Å². The molecule has 0 radical (unpaired) electrons. The molecule has 2 aromatic heterocycles. The van der Waals surface area contributed by atoms with Crippen LogP contribution in [0.1, 0.15) is 11.1 Å². The Hall–Kier alpha value is -3.27. The number of morpholine rings is 1. The summed E-state index contributed by atoms with van der Waals surface area (Å²) < 4.78 is 12.8. The van der Waals surface area contributed by atoms with Crippen molar-refractivity contribution in [1.82, 2.24) is 14.6 Å². The Balaban J connectivity index is 1.39. The molecule has 3 aromatic rings. The number of carboxylic acid groups (broad SMARTS) is 1. The molecule has 9 heteroatoms. The first-order valence-corrected chi connectivity index (χ1v) is 9.96. The second kappa shape index (κ2) is 9.69. The van der Waals surface area contributed by atoms with Gasteiger partial charge < -0.3 is 19.4 Å². The lowest BCUT2D eigenvalue weighted by Crippen LogP contribution is -2.43. The van der Waals surface area contributed by atoms with E-state index in [1.54, 1.807) is 18.5 Å². The number of ether oxygens (including phenoxy) is 2. The molecule has 1 atom stereocenters. The fourth-order valence-electron chi connectivity index (χ4n) is 3.57. The molecule has 4 rings (SSSR count). The molecule has 162 valence electrons. The smallest absolute Gasteiger partial charge is 0.441 e. The third kappa shape index (κ3) is 5.26.